The van der Waals surface area contributed by atoms with E-state index in [9.17, 15) is 0 Å². The fraction of sp³-hybridized carbons (Fsp3) is 0.389. The molecule has 1 fully saturated rings. The van der Waals surface area contributed by atoms with Gasteiger partial charge in [0.1, 0.15) is 0 Å². The molecule has 0 saturated carbocycles. The lowest BCUT2D eigenvalue weighted by molar-refractivity contribution is -0.688. The lowest BCUT2D eigenvalue weighted by Gasteiger charge is -2.16. The molecule has 0 spiro atoms. The van der Waals surface area contributed by atoms with Gasteiger partial charge in [-0.05, 0) is 36.1 Å². The number of halogens is 3. The molecule has 1 aromatic carbocycles. The van der Waals surface area contributed by atoms with Crippen molar-refractivity contribution in [1.29, 1.82) is 0 Å². The average molecular weight is 505 g/mol. The molecule has 0 aliphatic carbocycles. The zero-order valence-electron chi connectivity index (χ0n) is 13.0. The van der Waals surface area contributed by atoms with E-state index in [1.165, 1.54) is 48.3 Å². The zero-order chi connectivity index (χ0) is 15.4. The van der Waals surface area contributed by atoms with E-state index in [2.05, 4.69) is 84.1 Å². The number of rotatable bonds is 5. The van der Waals surface area contributed by atoms with Gasteiger partial charge in [0.25, 0.3) is 0 Å². The van der Waals surface area contributed by atoms with Crippen molar-refractivity contribution >= 4 is 37.5 Å². The second kappa shape index (κ2) is 9.19. The Labute approximate surface area is 165 Å². The van der Waals surface area contributed by atoms with E-state index in [1.54, 1.807) is 0 Å². The van der Waals surface area contributed by atoms with Crippen molar-refractivity contribution in [3.8, 4) is 0 Å². The molecule has 1 aromatic heterocycles. The number of aromatic nitrogens is 1. The maximum Gasteiger partial charge on any atom is 0.173 e. The highest BCUT2D eigenvalue weighted by Crippen LogP contribution is 2.19. The van der Waals surface area contributed by atoms with Crippen LogP contribution in [-0.2, 0) is 17.2 Å². The number of alkyl halides is 2. The highest BCUT2D eigenvalue weighted by Gasteiger charge is 2.13. The van der Waals surface area contributed by atoms with Gasteiger partial charge < -0.3 is 21.9 Å². The molecule has 1 saturated heterocycles. The largest absolute Gasteiger partial charge is 1.00 e. The number of nitrogens with zero attached hydrogens (tertiary/aromatic N) is 2. The van der Waals surface area contributed by atoms with Crippen LogP contribution in [-0.4, -0.2) is 13.1 Å². The van der Waals surface area contributed by atoms with E-state index in [0.29, 0.717) is 0 Å². The Morgan fingerprint density at radius 2 is 1.39 bits per heavy atom. The summed E-state index contributed by atoms with van der Waals surface area (Å²) in [5.41, 5.74) is 5.37. The average Bonchev–Trinajstić information content (AvgIpc) is 3.09. The van der Waals surface area contributed by atoms with Gasteiger partial charge in [0.15, 0.2) is 18.9 Å². The molecular weight excluding hydrogens is 484 g/mol. The molecule has 3 rings (SSSR count). The SMILES string of the molecule is BrCc1cc(CBr)cc(C[n+]2ccc(N3CCCC3)cc2)c1.[Br-]. The van der Waals surface area contributed by atoms with Gasteiger partial charge >= 0.3 is 0 Å². The molecule has 124 valence electrons. The lowest BCUT2D eigenvalue weighted by atomic mass is 10.1. The highest BCUT2D eigenvalue weighted by molar-refractivity contribution is 9.08. The molecule has 0 atom stereocenters. The van der Waals surface area contributed by atoms with Crippen LogP contribution in [0.1, 0.15) is 29.5 Å². The number of benzene rings is 1. The maximum atomic E-state index is 3.56. The zero-order valence-corrected chi connectivity index (χ0v) is 17.8. The smallest absolute Gasteiger partial charge is 0.173 e. The van der Waals surface area contributed by atoms with Crippen LogP contribution in [0.2, 0.25) is 0 Å². The molecule has 2 nitrogen and oxygen atoms in total. The standard InChI is InChI=1S/C18H21Br2N2.BrH/c19-12-15-9-16(13-20)11-17(10-15)14-21-7-3-18(4-8-21)22-5-1-2-6-22;/h3-4,7-11H,1-2,5-6,12-14H2;1H/q+1;/p-1. The van der Waals surface area contributed by atoms with Crippen LogP contribution in [0.4, 0.5) is 5.69 Å². The Morgan fingerprint density at radius 3 is 1.91 bits per heavy atom. The number of hydrogen-bond acceptors (Lipinski definition) is 1. The Balaban J connectivity index is 0.00000192. The first-order chi connectivity index (χ1) is 10.8. The molecule has 0 unspecified atom stereocenters. The van der Waals surface area contributed by atoms with Gasteiger partial charge in [-0.15, -0.1) is 0 Å². The van der Waals surface area contributed by atoms with Gasteiger partial charge in [0.2, 0.25) is 0 Å². The summed E-state index contributed by atoms with van der Waals surface area (Å²) in [4.78, 5) is 2.47. The second-order valence-corrected chi connectivity index (χ2v) is 6.97. The Morgan fingerprint density at radius 1 is 0.870 bits per heavy atom. The summed E-state index contributed by atoms with van der Waals surface area (Å²) in [6, 6.07) is 11.3. The Hall–Kier alpha value is -0.390. The van der Waals surface area contributed by atoms with Crippen molar-refractivity contribution in [2.45, 2.75) is 30.0 Å². The highest BCUT2D eigenvalue weighted by atomic mass is 79.9. The molecule has 2 aromatic rings. The molecule has 23 heavy (non-hydrogen) atoms. The predicted octanol–water partition coefficient (Wildman–Crippen LogP) is 1.42. The predicted molar refractivity (Wildman–Crippen MR) is 98.9 cm³/mol. The fourth-order valence-electron chi connectivity index (χ4n) is 3.04. The quantitative estimate of drug-likeness (QED) is 0.441. The van der Waals surface area contributed by atoms with Crippen LogP contribution >= 0.6 is 31.9 Å². The molecule has 1 aliphatic heterocycles. The Kier molecular flexibility index (Phi) is 7.57. The van der Waals surface area contributed by atoms with E-state index in [0.717, 1.165) is 17.2 Å². The molecular formula is C18H21Br3N2. The third-order valence-electron chi connectivity index (χ3n) is 4.13. The van der Waals surface area contributed by atoms with Gasteiger partial charge in [-0.2, -0.15) is 0 Å². The molecule has 0 bridgehead atoms. The maximum absolute atomic E-state index is 3.56. The third-order valence-corrected chi connectivity index (χ3v) is 5.43. The van der Waals surface area contributed by atoms with Crippen LogP contribution in [0.25, 0.3) is 0 Å². The van der Waals surface area contributed by atoms with Crippen molar-refractivity contribution < 1.29 is 21.5 Å². The minimum Gasteiger partial charge on any atom is -1.00 e. The van der Waals surface area contributed by atoms with E-state index in [1.807, 2.05) is 0 Å². The van der Waals surface area contributed by atoms with Gasteiger partial charge in [0.05, 0.1) is 0 Å². The second-order valence-electron chi connectivity index (χ2n) is 5.85. The van der Waals surface area contributed by atoms with Crippen LogP contribution in [0, 0.1) is 0 Å². The monoisotopic (exact) mass is 502 g/mol. The molecule has 0 radical (unpaired) electrons. The van der Waals surface area contributed by atoms with Crippen molar-refractivity contribution in [2.75, 3.05) is 18.0 Å². The first-order valence-corrected chi connectivity index (χ1v) is 10.0. The van der Waals surface area contributed by atoms with E-state index >= 15 is 0 Å². The molecule has 0 N–H and O–H groups in total. The minimum absolute atomic E-state index is 0. The van der Waals surface area contributed by atoms with E-state index < -0.39 is 0 Å². The van der Waals surface area contributed by atoms with Crippen LogP contribution in [0.3, 0.4) is 0 Å². The van der Waals surface area contributed by atoms with Gasteiger partial charge in [-0.3, -0.25) is 0 Å². The van der Waals surface area contributed by atoms with Crippen molar-refractivity contribution in [3.63, 3.8) is 0 Å². The summed E-state index contributed by atoms with van der Waals surface area (Å²) >= 11 is 7.12. The van der Waals surface area contributed by atoms with Gasteiger partial charge in [-0.25, -0.2) is 4.57 Å². The van der Waals surface area contributed by atoms with Crippen LogP contribution in [0.15, 0.2) is 42.7 Å². The first-order valence-electron chi connectivity index (χ1n) is 7.76. The summed E-state index contributed by atoms with van der Waals surface area (Å²) < 4.78 is 2.25. The molecule has 2 heterocycles. The number of pyridine rings is 1. The van der Waals surface area contributed by atoms with Crippen molar-refractivity contribution in [2.24, 2.45) is 0 Å². The summed E-state index contributed by atoms with van der Waals surface area (Å²) in [6.07, 6.45) is 7.04. The van der Waals surface area contributed by atoms with Crippen molar-refractivity contribution in [3.05, 3.63) is 59.4 Å². The normalized spacial score (nSPS) is 13.9. The summed E-state index contributed by atoms with van der Waals surface area (Å²) in [6.45, 7) is 3.32. The summed E-state index contributed by atoms with van der Waals surface area (Å²) in [5.74, 6) is 0. The molecule has 5 heteroatoms. The van der Waals surface area contributed by atoms with Crippen molar-refractivity contribution in [1.82, 2.24) is 0 Å². The fourth-order valence-corrected chi connectivity index (χ4v) is 3.68. The lowest BCUT2D eigenvalue weighted by Crippen LogP contribution is -3.00. The Bertz CT molecular complexity index is 600. The van der Waals surface area contributed by atoms with Crippen LogP contribution in [0.5, 0.6) is 0 Å². The third kappa shape index (κ3) is 5.04. The molecule has 0 amide bonds. The number of anilines is 1. The first kappa shape index (κ1) is 18.9. The van der Waals surface area contributed by atoms with Crippen LogP contribution < -0.4 is 26.4 Å². The van der Waals surface area contributed by atoms with Gasteiger partial charge in [0, 0.05) is 47.1 Å². The minimum atomic E-state index is 0. The van der Waals surface area contributed by atoms with E-state index in [-0.39, 0.29) is 17.0 Å². The molecule has 1 aliphatic rings. The summed E-state index contributed by atoms with van der Waals surface area (Å²) in [7, 11) is 0. The summed E-state index contributed by atoms with van der Waals surface area (Å²) in [5, 5.41) is 1.80. The van der Waals surface area contributed by atoms with E-state index in [4.69, 9.17) is 0 Å². The number of hydrogen-bond donors (Lipinski definition) is 0. The van der Waals surface area contributed by atoms with Gasteiger partial charge in [-0.1, -0.05) is 37.9 Å². The topological polar surface area (TPSA) is 7.12 Å².